The van der Waals surface area contributed by atoms with Crippen LogP contribution in [0.2, 0.25) is 0 Å². The minimum Gasteiger partial charge on any atom is -0.469 e. The molecule has 0 saturated heterocycles. The lowest BCUT2D eigenvalue weighted by Gasteiger charge is -2.22. The van der Waals surface area contributed by atoms with Gasteiger partial charge in [0.05, 0.1) is 24.4 Å². The van der Waals surface area contributed by atoms with Crippen molar-refractivity contribution in [2.45, 2.75) is 31.5 Å². The fourth-order valence-electron chi connectivity index (χ4n) is 2.89. The summed E-state index contributed by atoms with van der Waals surface area (Å²) in [7, 11) is 0. The van der Waals surface area contributed by atoms with E-state index in [0.717, 1.165) is 42.7 Å². The third-order valence-corrected chi connectivity index (χ3v) is 4.12. The molecule has 1 heterocycles. The number of hydrogen-bond donors (Lipinski definition) is 2. The summed E-state index contributed by atoms with van der Waals surface area (Å²) in [5.41, 5.74) is 0.488. The first-order valence-corrected chi connectivity index (χ1v) is 8.20. The Morgan fingerprint density at radius 3 is 2.96 bits per heavy atom. The summed E-state index contributed by atoms with van der Waals surface area (Å²) in [5, 5.41) is 5.45. The lowest BCUT2D eigenvalue weighted by Crippen LogP contribution is -2.39. The number of amides is 2. The normalized spacial score (nSPS) is 16.2. The molecule has 0 saturated carbocycles. The molecular weight excluding hydrogens is 345 g/mol. The molecule has 3 rings (SSSR count). The van der Waals surface area contributed by atoms with Crippen molar-refractivity contribution in [1.82, 2.24) is 10.6 Å². The third-order valence-electron chi connectivity index (χ3n) is 4.12. The second-order valence-electron chi connectivity index (χ2n) is 5.95. The van der Waals surface area contributed by atoms with Crippen molar-refractivity contribution in [2.24, 2.45) is 0 Å². The Morgan fingerprint density at radius 1 is 1.31 bits per heavy atom. The van der Waals surface area contributed by atoms with Crippen LogP contribution < -0.4 is 10.6 Å². The number of fused-ring (bicyclic) bond motifs is 1. The van der Waals surface area contributed by atoms with Crippen molar-refractivity contribution in [3.8, 4) is 11.8 Å². The summed E-state index contributed by atoms with van der Waals surface area (Å²) in [6.45, 7) is 0.0348. The minimum atomic E-state index is -4.40. The first kappa shape index (κ1) is 17.9. The van der Waals surface area contributed by atoms with Crippen LogP contribution in [0.5, 0.6) is 0 Å². The lowest BCUT2D eigenvalue weighted by atomic mass is 9.93. The largest absolute Gasteiger partial charge is 0.469 e. The Hall–Kier alpha value is -2.88. The van der Waals surface area contributed by atoms with E-state index in [1.165, 1.54) is 12.1 Å². The van der Waals surface area contributed by atoms with E-state index in [0.29, 0.717) is 0 Å². The molecule has 26 heavy (non-hydrogen) atoms. The number of carbonyl (C=O) groups excluding carboxylic acids is 1. The molecular formula is C19H17F3N2O2. The zero-order valence-corrected chi connectivity index (χ0v) is 13.8. The van der Waals surface area contributed by atoms with E-state index < -0.39 is 11.7 Å². The summed E-state index contributed by atoms with van der Waals surface area (Å²) in [6.07, 6.45) is -0.161. The van der Waals surface area contributed by atoms with Crippen LogP contribution in [-0.4, -0.2) is 12.6 Å². The van der Waals surface area contributed by atoms with E-state index in [1.807, 2.05) is 6.07 Å². The number of benzene rings is 1. The number of rotatable bonds is 2. The SMILES string of the molecule is O=C(NCC#Cc1cccc(C(F)(F)F)c1)NC1CCCc2occc21. The van der Waals surface area contributed by atoms with Gasteiger partial charge in [0.15, 0.2) is 0 Å². The Morgan fingerprint density at radius 2 is 2.15 bits per heavy atom. The summed E-state index contributed by atoms with van der Waals surface area (Å²) in [5.74, 6) is 6.17. The van der Waals surface area contributed by atoms with Crippen molar-refractivity contribution in [3.63, 3.8) is 0 Å². The Labute approximate surface area is 148 Å². The monoisotopic (exact) mass is 362 g/mol. The number of hydrogen-bond acceptors (Lipinski definition) is 2. The van der Waals surface area contributed by atoms with Gasteiger partial charge < -0.3 is 15.1 Å². The summed E-state index contributed by atoms with van der Waals surface area (Å²) in [6, 6.07) is 6.15. The average Bonchev–Trinajstić information content (AvgIpc) is 3.08. The van der Waals surface area contributed by atoms with E-state index >= 15 is 0 Å². The van der Waals surface area contributed by atoms with Gasteiger partial charge in [-0.2, -0.15) is 13.2 Å². The fourth-order valence-corrected chi connectivity index (χ4v) is 2.89. The van der Waals surface area contributed by atoms with E-state index in [-0.39, 0.29) is 24.2 Å². The van der Waals surface area contributed by atoms with Crippen LogP contribution in [0.3, 0.4) is 0 Å². The van der Waals surface area contributed by atoms with Gasteiger partial charge in [0.1, 0.15) is 5.76 Å². The molecule has 1 aromatic heterocycles. The van der Waals surface area contributed by atoms with Crippen LogP contribution in [0, 0.1) is 11.8 Å². The van der Waals surface area contributed by atoms with Gasteiger partial charge in [-0.1, -0.05) is 17.9 Å². The highest BCUT2D eigenvalue weighted by atomic mass is 19.4. The molecule has 4 nitrogen and oxygen atoms in total. The molecule has 2 N–H and O–H groups in total. The highest BCUT2D eigenvalue weighted by Crippen LogP contribution is 2.30. The van der Waals surface area contributed by atoms with Gasteiger partial charge in [0, 0.05) is 17.5 Å². The maximum absolute atomic E-state index is 12.6. The van der Waals surface area contributed by atoms with Crippen LogP contribution >= 0.6 is 0 Å². The second-order valence-corrected chi connectivity index (χ2v) is 5.95. The van der Waals surface area contributed by atoms with Gasteiger partial charge in [-0.25, -0.2) is 4.79 Å². The van der Waals surface area contributed by atoms with Crippen LogP contribution in [0.15, 0.2) is 41.0 Å². The quantitative estimate of drug-likeness (QED) is 0.793. The molecule has 1 aromatic carbocycles. The Kier molecular flexibility index (Phi) is 5.21. The Balaban J connectivity index is 1.52. The zero-order valence-electron chi connectivity index (χ0n) is 13.8. The number of alkyl halides is 3. The number of halogens is 3. The molecule has 0 radical (unpaired) electrons. The van der Waals surface area contributed by atoms with Crippen molar-refractivity contribution >= 4 is 6.03 Å². The van der Waals surface area contributed by atoms with Crippen molar-refractivity contribution in [1.29, 1.82) is 0 Å². The van der Waals surface area contributed by atoms with E-state index in [4.69, 9.17) is 4.42 Å². The molecule has 1 aliphatic rings. The summed E-state index contributed by atoms with van der Waals surface area (Å²) < 4.78 is 43.3. The molecule has 1 aliphatic carbocycles. The lowest BCUT2D eigenvalue weighted by molar-refractivity contribution is -0.137. The third kappa shape index (κ3) is 4.39. The highest BCUT2D eigenvalue weighted by molar-refractivity contribution is 5.74. The molecule has 136 valence electrons. The zero-order chi connectivity index (χ0) is 18.6. The first-order chi connectivity index (χ1) is 12.4. The number of nitrogens with one attached hydrogen (secondary N) is 2. The molecule has 0 fully saturated rings. The number of aryl methyl sites for hydroxylation is 1. The van der Waals surface area contributed by atoms with Crippen LogP contribution in [-0.2, 0) is 12.6 Å². The molecule has 2 amide bonds. The van der Waals surface area contributed by atoms with Gasteiger partial charge in [0.2, 0.25) is 0 Å². The van der Waals surface area contributed by atoms with Gasteiger partial charge in [-0.05, 0) is 37.1 Å². The fraction of sp³-hybridized carbons (Fsp3) is 0.316. The van der Waals surface area contributed by atoms with Crippen molar-refractivity contribution in [2.75, 3.05) is 6.54 Å². The van der Waals surface area contributed by atoms with Gasteiger partial charge in [0.25, 0.3) is 0 Å². The number of furan rings is 1. The van der Waals surface area contributed by atoms with Crippen molar-refractivity contribution in [3.05, 3.63) is 59.0 Å². The molecule has 0 bridgehead atoms. The summed E-state index contributed by atoms with van der Waals surface area (Å²) >= 11 is 0. The maximum Gasteiger partial charge on any atom is 0.416 e. The van der Waals surface area contributed by atoms with Gasteiger partial charge >= 0.3 is 12.2 Å². The molecule has 7 heteroatoms. The second kappa shape index (κ2) is 7.56. The smallest absolute Gasteiger partial charge is 0.416 e. The van der Waals surface area contributed by atoms with Crippen LogP contribution in [0.1, 0.15) is 41.3 Å². The predicted octanol–water partition coefficient (Wildman–Crippen LogP) is 4.03. The maximum atomic E-state index is 12.6. The predicted molar refractivity (Wildman–Crippen MR) is 89.2 cm³/mol. The standard InChI is InChI=1S/C19H17F3N2O2/c20-19(21,22)14-6-1-4-13(12-14)5-3-10-23-18(25)24-16-7-2-8-17-15(16)9-11-26-17/h1,4,6,9,11-12,16H,2,7-8,10H2,(H2,23,24,25). The highest BCUT2D eigenvalue weighted by Gasteiger charge is 2.30. The molecule has 0 spiro atoms. The van der Waals surface area contributed by atoms with E-state index in [9.17, 15) is 18.0 Å². The summed E-state index contributed by atoms with van der Waals surface area (Å²) in [4.78, 5) is 12.0. The molecule has 0 aliphatic heterocycles. The van der Waals surface area contributed by atoms with Crippen LogP contribution in [0.25, 0.3) is 0 Å². The topological polar surface area (TPSA) is 54.3 Å². The molecule has 1 atom stereocenters. The number of urea groups is 1. The van der Waals surface area contributed by atoms with Gasteiger partial charge in [-0.3, -0.25) is 0 Å². The van der Waals surface area contributed by atoms with E-state index in [1.54, 1.807) is 6.26 Å². The van der Waals surface area contributed by atoms with E-state index in [2.05, 4.69) is 22.5 Å². The Bertz CT molecular complexity index is 846. The first-order valence-electron chi connectivity index (χ1n) is 8.20. The molecule has 2 aromatic rings. The minimum absolute atomic E-state index is 0.0348. The average molecular weight is 362 g/mol. The number of carbonyl (C=O) groups is 1. The van der Waals surface area contributed by atoms with Gasteiger partial charge in [-0.15, -0.1) is 0 Å². The van der Waals surface area contributed by atoms with Crippen molar-refractivity contribution < 1.29 is 22.4 Å². The van der Waals surface area contributed by atoms with Crippen LogP contribution in [0.4, 0.5) is 18.0 Å². The molecule has 1 unspecified atom stereocenters.